The van der Waals surface area contributed by atoms with Gasteiger partial charge in [0.15, 0.2) is 0 Å². The predicted molar refractivity (Wildman–Crippen MR) is 128 cm³/mol. The minimum Gasteiger partial charge on any atom is -0.497 e. The molecule has 2 fully saturated rings. The second-order valence-electron chi connectivity index (χ2n) is 9.07. The van der Waals surface area contributed by atoms with Crippen LogP contribution in [0.3, 0.4) is 0 Å². The highest BCUT2D eigenvalue weighted by Crippen LogP contribution is 2.39. The Bertz CT molecular complexity index is 1020. The lowest BCUT2D eigenvalue weighted by molar-refractivity contribution is -0.151. The Morgan fingerprint density at radius 1 is 1.06 bits per heavy atom. The van der Waals surface area contributed by atoms with Crippen LogP contribution in [0.25, 0.3) is 0 Å². The zero-order chi connectivity index (χ0) is 24.3. The van der Waals surface area contributed by atoms with E-state index in [0.29, 0.717) is 51.3 Å². The van der Waals surface area contributed by atoms with Crippen molar-refractivity contribution in [3.05, 3.63) is 59.9 Å². The van der Waals surface area contributed by atoms with Crippen LogP contribution in [-0.2, 0) is 19.7 Å². The summed E-state index contributed by atoms with van der Waals surface area (Å²) in [6.45, 7) is 2.04. The molecule has 0 bridgehead atoms. The molecule has 0 aromatic heterocycles. The van der Waals surface area contributed by atoms with E-state index in [4.69, 9.17) is 9.47 Å². The van der Waals surface area contributed by atoms with Crippen molar-refractivity contribution >= 4 is 17.5 Å². The van der Waals surface area contributed by atoms with E-state index in [9.17, 15) is 14.0 Å². The average Bonchev–Trinajstić information content (AvgIpc) is 2.88. The van der Waals surface area contributed by atoms with Gasteiger partial charge in [0.05, 0.1) is 12.5 Å². The Hall–Kier alpha value is -3.13. The van der Waals surface area contributed by atoms with E-state index in [1.807, 2.05) is 24.3 Å². The summed E-state index contributed by atoms with van der Waals surface area (Å²) < 4.78 is 25.8. The maximum atomic E-state index is 15.0. The standard InChI is InChI=1S/C26H32FN3O4/c1-28(2)24(31)23-18-29(19-8-10-20(33-3)11-9-19)14-15-30(23)25(32)26(12-16-34-17-13-26)21-6-4-5-7-22(21)27/h4-11,23H,12-18H2,1-3H3/t23-/m1/s1. The second kappa shape index (κ2) is 10.0. The van der Waals surface area contributed by atoms with E-state index in [2.05, 4.69) is 4.90 Å². The molecule has 2 amide bonds. The number of amides is 2. The average molecular weight is 470 g/mol. The number of ether oxygens (including phenoxy) is 2. The quantitative estimate of drug-likeness (QED) is 0.674. The van der Waals surface area contributed by atoms with Crippen LogP contribution in [0, 0.1) is 5.82 Å². The lowest BCUT2D eigenvalue weighted by atomic mass is 9.72. The van der Waals surface area contributed by atoms with E-state index < -0.39 is 17.3 Å². The highest BCUT2D eigenvalue weighted by molar-refractivity contribution is 5.94. The zero-order valence-corrected chi connectivity index (χ0v) is 20.0. The van der Waals surface area contributed by atoms with Crippen molar-refractivity contribution in [3.63, 3.8) is 0 Å². The number of carbonyl (C=O) groups is 2. The van der Waals surface area contributed by atoms with Gasteiger partial charge in [-0.15, -0.1) is 0 Å². The molecule has 182 valence electrons. The largest absolute Gasteiger partial charge is 0.497 e. The van der Waals surface area contributed by atoms with E-state index >= 15 is 0 Å². The van der Waals surface area contributed by atoms with Gasteiger partial charge >= 0.3 is 0 Å². The molecule has 0 unspecified atom stereocenters. The molecule has 2 saturated heterocycles. The van der Waals surface area contributed by atoms with E-state index in [-0.39, 0.29) is 11.8 Å². The number of anilines is 1. The fourth-order valence-electron chi connectivity index (χ4n) is 5.01. The van der Waals surface area contributed by atoms with Gasteiger partial charge in [-0.25, -0.2) is 4.39 Å². The molecule has 4 rings (SSSR count). The van der Waals surface area contributed by atoms with Crippen LogP contribution in [0.1, 0.15) is 18.4 Å². The molecule has 2 heterocycles. The van der Waals surface area contributed by atoms with Gasteiger partial charge in [-0.05, 0) is 43.2 Å². The van der Waals surface area contributed by atoms with E-state index in [1.165, 1.54) is 11.0 Å². The fraction of sp³-hybridized carbons (Fsp3) is 0.462. The third-order valence-corrected chi connectivity index (χ3v) is 6.95. The Balaban J connectivity index is 1.67. The monoisotopic (exact) mass is 469 g/mol. The molecule has 2 aromatic rings. The molecular weight excluding hydrogens is 437 g/mol. The number of nitrogens with zero attached hydrogens (tertiary/aromatic N) is 3. The van der Waals surface area contributed by atoms with Crippen molar-refractivity contribution in [1.82, 2.24) is 9.80 Å². The highest BCUT2D eigenvalue weighted by atomic mass is 19.1. The van der Waals surface area contributed by atoms with Crippen LogP contribution in [0.4, 0.5) is 10.1 Å². The van der Waals surface area contributed by atoms with E-state index in [0.717, 1.165) is 11.4 Å². The summed E-state index contributed by atoms with van der Waals surface area (Å²) in [5.74, 6) is 0.00715. The number of benzene rings is 2. The third kappa shape index (κ3) is 4.46. The van der Waals surface area contributed by atoms with Crippen molar-refractivity contribution < 1.29 is 23.5 Å². The first-order valence-corrected chi connectivity index (χ1v) is 11.6. The lowest BCUT2D eigenvalue weighted by Gasteiger charge is -2.47. The van der Waals surface area contributed by atoms with Gasteiger partial charge < -0.3 is 24.2 Å². The second-order valence-corrected chi connectivity index (χ2v) is 9.07. The Morgan fingerprint density at radius 2 is 1.74 bits per heavy atom. The number of methoxy groups -OCH3 is 1. The molecule has 8 heteroatoms. The number of hydrogen-bond acceptors (Lipinski definition) is 5. The summed E-state index contributed by atoms with van der Waals surface area (Å²) in [5, 5.41) is 0. The molecule has 7 nitrogen and oxygen atoms in total. The van der Waals surface area contributed by atoms with Gasteiger partial charge in [-0.2, -0.15) is 0 Å². The van der Waals surface area contributed by atoms with E-state index in [1.54, 1.807) is 44.3 Å². The van der Waals surface area contributed by atoms with Gasteiger partial charge in [0.1, 0.15) is 17.6 Å². The van der Waals surface area contributed by atoms with Crippen molar-refractivity contribution in [3.8, 4) is 5.75 Å². The van der Waals surface area contributed by atoms with Gasteiger partial charge in [-0.3, -0.25) is 9.59 Å². The Morgan fingerprint density at radius 3 is 2.35 bits per heavy atom. The van der Waals surface area contributed by atoms with Crippen LogP contribution < -0.4 is 9.64 Å². The van der Waals surface area contributed by atoms with Crippen LogP contribution in [0.2, 0.25) is 0 Å². The van der Waals surface area contributed by atoms with Crippen molar-refractivity contribution in [2.24, 2.45) is 0 Å². The summed E-state index contributed by atoms with van der Waals surface area (Å²) in [6.07, 6.45) is 0.767. The topological polar surface area (TPSA) is 62.3 Å². The zero-order valence-electron chi connectivity index (χ0n) is 20.0. The third-order valence-electron chi connectivity index (χ3n) is 6.95. The highest BCUT2D eigenvalue weighted by Gasteiger charge is 2.49. The molecule has 0 aliphatic carbocycles. The first-order chi connectivity index (χ1) is 16.4. The summed E-state index contributed by atoms with van der Waals surface area (Å²) >= 11 is 0. The molecule has 0 saturated carbocycles. The number of carbonyl (C=O) groups excluding carboxylic acids is 2. The molecular formula is C26H32FN3O4. The summed E-state index contributed by atoms with van der Waals surface area (Å²) in [5.41, 5.74) is 0.299. The van der Waals surface area contributed by atoms with Gasteiger partial charge in [0.2, 0.25) is 11.8 Å². The van der Waals surface area contributed by atoms with Crippen molar-refractivity contribution in [2.45, 2.75) is 24.3 Å². The number of hydrogen-bond donors (Lipinski definition) is 0. The summed E-state index contributed by atoms with van der Waals surface area (Å²) in [7, 11) is 5.00. The first kappa shape index (κ1) is 24.0. The van der Waals surface area contributed by atoms with Gasteiger partial charge in [-0.1, -0.05) is 18.2 Å². The van der Waals surface area contributed by atoms with Crippen LogP contribution >= 0.6 is 0 Å². The maximum Gasteiger partial charge on any atom is 0.246 e. The Kier molecular flexibility index (Phi) is 7.07. The number of rotatable bonds is 5. The minimum absolute atomic E-state index is 0.151. The number of likely N-dealkylation sites (N-methyl/N-ethyl adjacent to an activating group) is 1. The SMILES string of the molecule is COc1ccc(N2CCN(C(=O)C3(c4ccccc4F)CCOCC3)[C@@H](C(=O)N(C)C)C2)cc1. The van der Waals surface area contributed by atoms with Crippen molar-refractivity contribution in [1.29, 1.82) is 0 Å². The fourth-order valence-corrected chi connectivity index (χ4v) is 5.01. The maximum absolute atomic E-state index is 15.0. The van der Waals surface area contributed by atoms with Crippen LogP contribution in [0.5, 0.6) is 5.75 Å². The predicted octanol–water partition coefficient (Wildman–Crippen LogP) is 2.69. The molecule has 2 aliphatic rings. The number of piperazine rings is 1. The van der Waals surface area contributed by atoms with Gasteiger partial charge in [0.25, 0.3) is 0 Å². The van der Waals surface area contributed by atoms with Crippen LogP contribution in [-0.4, -0.2) is 81.7 Å². The Labute approximate surface area is 200 Å². The minimum atomic E-state index is -1.04. The number of halogens is 1. The van der Waals surface area contributed by atoms with Crippen LogP contribution in [0.15, 0.2) is 48.5 Å². The van der Waals surface area contributed by atoms with Crippen molar-refractivity contribution in [2.75, 3.05) is 59.0 Å². The lowest BCUT2D eigenvalue weighted by Crippen LogP contribution is -2.64. The normalized spacial score (nSPS) is 20.1. The first-order valence-electron chi connectivity index (χ1n) is 11.6. The summed E-state index contributed by atoms with van der Waals surface area (Å²) in [6, 6.07) is 13.5. The molecule has 0 spiro atoms. The molecule has 1 atom stereocenters. The molecule has 2 aromatic carbocycles. The summed E-state index contributed by atoms with van der Waals surface area (Å²) in [4.78, 5) is 32.7. The smallest absolute Gasteiger partial charge is 0.246 e. The molecule has 34 heavy (non-hydrogen) atoms. The molecule has 2 aliphatic heterocycles. The molecule has 0 N–H and O–H groups in total. The van der Waals surface area contributed by atoms with Gasteiger partial charge in [0, 0.05) is 58.2 Å². The molecule has 0 radical (unpaired) electrons.